The average Bonchev–Trinajstić information content (AvgIpc) is 3.32. The van der Waals surface area contributed by atoms with Gasteiger partial charge in [-0.15, -0.1) is 0 Å². The van der Waals surface area contributed by atoms with Gasteiger partial charge in [-0.3, -0.25) is 28.8 Å². The van der Waals surface area contributed by atoms with Crippen LogP contribution in [0, 0.1) is 0 Å². The highest BCUT2D eigenvalue weighted by Crippen LogP contribution is 2.30. The van der Waals surface area contributed by atoms with Crippen molar-refractivity contribution in [3.05, 3.63) is 12.2 Å². The fourth-order valence-electron chi connectivity index (χ4n) is 9.34. The lowest BCUT2D eigenvalue weighted by Crippen LogP contribution is -2.63. The molecule has 7 atom stereocenters. The number of esters is 5. The maximum absolute atomic E-state index is 13.6. The number of nitrogens with one attached hydrogen (secondary N) is 1. The first kappa shape index (κ1) is 66.5. The number of amides is 1. The summed E-state index contributed by atoms with van der Waals surface area (Å²) in [5.41, 5.74) is 0. The first-order valence-corrected chi connectivity index (χ1v) is 28.8. The summed E-state index contributed by atoms with van der Waals surface area (Å²) in [7, 11) is 0. The van der Waals surface area contributed by atoms with Gasteiger partial charge in [-0.2, -0.15) is 0 Å². The van der Waals surface area contributed by atoms with E-state index in [2.05, 4.69) is 19.2 Å². The van der Waals surface area contributed by atoms with Crippen molar-refractivity contribution in [2.24, 2.45) is 0 Å². The van der Waals surface area contributed by atoms with Crippen LogP contribution in [0.15, 0.2) is 12.2 Å². The van der Waals surface area contributed by atoms with Gasteiger partial charge in [0.25, 0.3) is 0 Å². The fraction of sp³-hybridized carbons (Fsp3) is 0.862. The number of carbonyl (C=O) groups excluding carboxylic acids is 6. The third-order valence-electron chi connectivity index (χ3n) is 13.2. The highest BCUT2D eigenvalue weighted by atomic mass is 16.7. The highest BCUT2D eigenvalue weighted by molar-refractivity contribution is 5.76. The van der Waals surface area contributed by atoms with E-state index in [0.29, 0.717) is 6.42 Å². The second-order valence-electron chi connectivity index (χ2n) is 20.2. The molecule has 1 heterocycles. The number of allylic oxidation sites excluding steroid dienone is 1. The van der Waals surface area contributed by atoms with Gasteiger partial charge in [0.05, 0.1) is 12.6 Å². The van der Waals surface area contributed by atoms with E-state index in [0.717, 1.165) is 65.7 Å². The van der Waals surface area contributed by atoms with Crippen molar-refractivity contribution in [3.63, 3.8) is 0 Å². The maximum atomic E-state index is 13.6. The molecule has 7 unspecified atom stereocenters. The normalized spacial score (nSPS) is 18.6. The third-order valence-corrected chi connectivity index (χ3v) is 13.2. The van der Waals surface area contributed by atoms with E-state index in [1.165, 1.54) is 174 Å². The van der Waals surface area contributed by atoms with Crippen molar-refractivity contribution >= 4 is 35.8 Å². The van der Waals surface area contributed by atoms with Crippen LogP contribution in [0.4, 0.5) is 0 Å². The van der Waals surface area contributed by atoms with E-state index in [9.17, 15) is 28.8 Å². The summed E-state index contributed by atoms with van der Waals surface area (Å²) in [6, 6.07) is -0.920. The Morgan fingerprint density at radius 3 is 1.26 bits per heavy atom. The number of rotatable bonds is 46. The van der Waals surface area contributed by atoms with Gasteiger partial charge in [0.15, 0.2) is 24.6 Å². The second-order valence-corrected chi connectivity index (χ2v) is 20.2. The number of carbonyl (C=O) groups is 6. The molecule has 1 aliphatic rings. The Morgan fingerprint density at radius 1 is 0.472 bits per heavy atom. The van der Waals surface area contributed by atoms with E-state index in [1.54, 1.807) is 6.08 Å². The van der Waals surface area contributed by atoms with Crippen LogP contribution in [-0.4, -0.2) is 91.8 Å². The molecular weight excluding hydrogens is 919 g/mol. The van der Waals surface area contributed by atoms with Gasteiger partial charge in [0.1, 0.15) is 18.8 Å². The maximum Gasteiger partial charge on any atom is 0.303 e. The summed E-state index contributed by atoms with van der Waals surface area (Å²) in [5, 5.41) is 3.03. The Hall–Kier alpha value is -3.52. The molecule has 0 saturated carbocycles. The zero-order valence-electron chi connectivity index (χ0n) is 46.5. The molecule has 1 fully saturated rings. The van der Waals surface area contributed by atoms with E-state index in [-0.39, 0.29) is 18.9 Å². The molecule has 1 amide bonds. The van der Waals surface area contributed by atoms with E-state index < -0.39 is 79.3 Å². The number of unbranched alkanes of at least 4 members (excludes halogenated alkanes) is 31. The van der Waals surface area contributed by atoms with Crippen molar-refractivity contribution in [1.82, 2.24) is 5.32 Å². The Morgan fingerprint density at radius 2 is 0.861 bits per heavy atom. The van der Waals surface area contributed by atoms with Gasteiger partial charge in [-0.05, 0) is 25.3 Å². The van der Waals surface area contributed by atoms with E-state index in [1.807, 2.05) is 6.08 Å². The average molecular weight is 1020 g/mol. The minimum absolute atomic E-state index is 0.251. The topological polar surface area (TPSA) is 179 Å². The summed E-state index contributed by atoms with van der Waals surface area (Å²) >= 11 is 0. The van der Waals surface area contributed by atoms with Crippen LogP contribution in [-0.2, 0) is 61.9 Å². The molecule has 1 rings (SSSR count). The van der Waals surface area contributed by atoms with Crippen LogP contribution in [0.3, 0.4) is 0 Å². The fourth-order valence-corrected chi connectivity index (χ4v) is 9.34. The summed E-state index contributed by atoms with van der Waals surface area (Å²) in [5.74, 6) is -3.76. The number of ether oxygens (including phenoxy) is 7. The summed E-state index contributed by atoms with van der Waals surface area (Å²) in [4.78, 5) is 75.2. The van der Waals surface area contributed by atoms with Crippen molar-refractivity contribution in [2.45, 2.75) is 310 Å². The first-order valence-electron chi connectivity index (χ1n) is 28.8. The van der Waals surface area contributed by atoms with Crippen LogP contribution in [0.1, 0.15) is 267 Å². The lowest BCUT2D eigenvalue weighted by Gasteiger charge is -2.44. The smallest absolute Gasteiger partial charge is 0.303 e. The van der Waals surface area contributed by atoms with Crippen molar-refractivity contribution in [2.75, 3.05) is 13.2 Å². The lowest BCUT2D eigenvalue weighted by atomic mass is 9.98. The highest BCUT2D eigenvalue weighted by Gasteiger charge is 2.53. The van der Waals surface area contributed by atoms with Crippen LogP contribution in [0.5, 0.6) is 0 Å². The predicted molar refractivity (Wildman–Crippen MR) is 283 cm³/mol. The Balaban J connectivity index is 2.90. The van der Waals surface area contributed by atoms with E-state index in [4.69, 9.17) is 33.2 Å². The number of hydrogen-bond acceptors (Lipinski definition) is 13. The molecule has 1 N–H and O–H groups in total. The third kappa shape index (κ3) is 36.4. The van der Waals surface area contributed by atoms with Gasteiger partial charge in [-0.1, -0.05) is 213 Å². The molecule has 1 saturated heterocycles. The predicted octanol–water partition coefficient (Wildman–Crippen LogP) is 13.4. The molecule has 0 bridgehead atoms. The van der Waals surface area contributed by atoms with Gasteiger partial charge in [0, 0.05) is 41.0 Å². The van der Waals surface area contributed by atoms with Crippen molar-refractivity contribution in [1.29, 1.82) is 0 Å². The molecule has 0 aromatic heterocycles. The Bertz CT molecular complexity index is 1450. The molecule has 0 radical (unpaired) electrons. The minimum atomic E-state index is -1.47. The molecule has 0 aromatic carbocycles. The molecule has 0 aromatic rings. The molecular formula is C58H103NO13. The standard InChI is InChI=1S/C58H103NO13/c1-8-10-12-14-16-18-20-22-23-24-25-26-27-28-29-31-33-35-37-39-41-43-54(65)59-51(52(68-47(4)61)42-40-38-36-34-32-30-21-19-17-15-13-11-9-2)44-67-58-57(71-50(7)64)56(70-49(6)63)55(69-48(5)62)53(72-58)45-66-46(3)60/h40,42,51-53,55-58H,8-39,41,43-45H2,1-7H3,(H,59,65). The summed E-state index contributed by atoms with van der Waals surface area (Å²) in [6.45, 7) is 9.70. The van der Waals surface area contributed by atoms with Gasteiger partial charge in [-0.25, -0.2) is 0 Å². The summed E-state index contributed by atoms with van der Waals surface area (Å²) in [6.07, 6.45) is 37.0. The summed E-state index contributed by atoms with van der Waals surface area (Å²) < 4.78 is 40.1. The Labute approximate surface area is 436 Å². The second kappa shape index (κ2) is 44.9. The minimum Gasteiger partial charge on any atom is -0.463 e. The lowest BCUT2D eigenvalue weighted by molar-refractivity contribution is -0.309. The molecule has 0 aliphatic carbocycles. The van der Waals surface area contributed by atoms with Gasteiger partial charge >= 0.3 is 29.8 Å². The van der Waals surface area contributed by atoms with Crippen LogP contribution < -0.4 is 5.32 Å². The van der Waals surface area contributed by atoms with Crippen molar-refractivity contribution in [3.8, 4) is 0 Å². The molecule has 14 heteroatoms. The van der Waals surface area contributed by atoms with Gasteiger partial charge < -0.3 is 38.5 Å². The van der Waals surface area contributed by atoms with Crippen LogP contribution >= 0.6 is 0 Å². The zero-order chi connectivity index (χ0) is 53.0. The monoisotopic (exact) mass is 1020 g/mol. The Kier molecular flexibility index (Phi) is 41.5. The first-order chi connectivity index (χ1) is 34.8. The quantitative estimate of drug-likeness (QED) is 0.0264. The molecule has 1 aliphatic heterocycles. The molecule has 14 nitrogen and oxygen atoms in total. The molecule has 418 valence electrons. The van der Waals surface area contributed by atoms with Gasteiger partial charge in [0.2, 0.25) is 5.91 Å². The van der Waals surface area contributed by atoms with Crippen LogP contribution in [0.2, 0.25) is 0 Å². The zero-order valence-corrected chi connectivity index (χ0v) is 46.5. The van der Waals surface area contributed by atoms with Crippen molar-refractivity contribution < 1.29 is 61.9 Å². The largest absolute Gasteiger partial charge is 0.463 e. The van der Waals surface area contributed by atoms with E-state index >= 15 is 0 Å². The molecule has 0 spiro atoms. The van der Waals surface area contributed by atoms with Crippen LogP contribution in [0.25, 0.3) is 0 Å². The number of hydrogen-bond donors (Lipinski definition) is 1. The SMILES string of the molecule is CCCCCCCCCCCCCC=CC(OC(C)=O)C(COC1OC(COC(C)=O)C(OC(C)=O)C(OC(C)=O)C1OC(C)=O)NC(=O)CCCCCCCCCCCCCCCCCCCCCCC. The molecule has 72 heavy (non-hydrogen) atoms.